The molecule has 2 nitrogen and oxygen atoms in total. The van der Waals surface area contributed by atoms with E-state index >= 15 is 0 Å². The molecule has 0 unspecified atom stereocenters. The lowest BCUT2D eigenvalue weighted by molar-refractivity contribution is 0.311. The SMILES string of the molecule is CCCC(C)(C)CNCCNC(C)C. The Hall–Kier alpha value is -0.0800. The lowest BCUT2D eigenvalue weighted by Crippen LogP contribution is -2.36. The molecule has 0 bridgehead atoms. The second-order valence-corrected chi connectivity index (χ2v) is 5.20. The van der Waals surface area contributed by atoms with Crippen LogP contribution in [0.2, 0.25) is 0 Å². The number of rotatable bonds is 8. The fourth-order valence-electron chi connectivity index (χ4n) is 1.64. The van der Waals surface area contributed by atoms with Gasteiger partial charge in [-0.2, -0.15) is 0 Å². The summed E-state index contributed by atoms with van der Waals surface area (Å²) < 4.78 is 0. The average Bonchev–Trinajstić information content (AvgIpc) is 2.02. The molecule has 14 heavy (non-hydrogen) atoms. The Labute approximate surface area is 89.9 Å². The molecular formula is C12H28N2. The summed E-state index contributed by atoms with van der Waals surface area (Å²) in [5, 5.41) is 6.90. The first kappa shape index (κ1) is 13.9. The fourth-order valence-corrected chi connectivity index (χ4v) is 1.64. The van der Waals surface area contributed by atoms with Crippen LogP contribution in [-0.2, 0) is 0 Å². The largest absolute Gasteiger partial charge is 0.315 e. The van der Waals surface area contributed by atoms with Gasteiger partial charge in [-0.25, -0.2) is 0 Å². The molecule has 0 aliphatic carbocycles. The van der Waals surface area contributed by atoms with Gasteiger partial charge >= 0.3 is 0 Å². The number of hydrogen-bond acceptors (Lipinski definition) is 2. The standard InChI is InChI=1S/C12H28N2/c1-6-7-12(4,5)10-13-8-9-14-11(2)3/h11,13-14H,6-10H2,1-5H3. The van der Waals surface area contributed by atoms with Crippen LogP contribution in [0.25, 0.3) is 0 Å². The van der Waals surface area contributed by atoms with Gasteiger partial charge in [-0.1, -0.05) is 41.0 Å². The smallest absolute Gasteiger partial charge is 0.00790 e. The van der Waals surface area contributed by atoms with E-state index < -0.39 is 0 Å². The zero-order valence-corrected chi connectivity index (χ0v) is 10.6. The van der Waals surface area contributed by atoms with Crippen molar-refractivity contribution in [1.82, 2.24) is 10.6 Å². The summed E-state index contributed by atoms with van der Waals surface area (Å²) in [4.78, 5) is 0. The molecule has 0 saturated carbocycles. The molecule has 0 heterocycles. The highest BCUT2D eigenvalue weighted by molar-refractivity contribution is 4.71. The van der Waals surface area contributed by atoms with Gasteiger partial charge in [0, 0.05) is 25.7 Å². The van der Waals surface area contributed by atoms with Crippen molar-refractivity contribution >= 4 is 0 Å². The second-order valence-electron chi connectivity index (χ2n) is 5.20. The van der Waals surface area contributed by atoms with Gasteiger partial charge in [0.05, 0.1) is 0 Å². The first-order valence-corrected chi connectivity index (χ1v) is 5.92. The molecule has 0 fully saturated rings. The van der Waals surface area contributed by atoms with Gasteiger partial charge in [-0.05, 0) is 11.8 Å². The van der Waals surface area contributed by atoms with Crippen LogP contribution in [0.1, 0.15) is 47.5 Å². The summed E-state index contributed by atoms with van der Waals surface area (Å²) in [7, 11) is 0. The van der Waals surface area contributed by atoms with Crippen molar-refractivity contribution in [3.05, 3.63) is 0 Å². The van der Waals surface area contributed by atoms with Crippen LogP contribution in [-0.4, -0.2) is 25.7 Å². The maximum absolute atomic E-state index is 3.50. The van der Waals surface area contributed by atoms with Crippen molar-refractivity contribution < 1.29 is 0 Å². The molecule has 2 N–H and O–H groups in total. The van der Waals surface area contributed by atoms with E-state index in [1.54, 1.807) is 0 Å². The van der Waals surface area contributed by atoms with Gasteiger partial charge in [0.25, 0.3) is 0 Å². The predicted molar refractivity (Wildman–Crippen MR) is 64.7 cm³/mol. The highest BCUT2D eigenvalue weighted by Crippen LogP contribution is 2.20. The molecule has 0 aromatic carbocycles. The van der Waals surface area contributed by atoms with Gasteiger partial charge in [0.15, 0.2) is 0 Å². The van der Waals surface area contributed by atoms with Gasteiger partial charge in [0.2, 0.25) is 0 Å². The van der Waals surface area contributed by atoms with Crippen LogP contribution in [0.5, 0.6) is 0 Å². The zero-order valence-electron chi connectivity index (χ0n) is 10.6. The van der Waals surface area contributed by atoms with Crippen molar-refractivity contribution in [2.75, 3.05) is 19.6 Å². The minimum atomic E-state index is 0.451. The lowest BCUT2D eigenvalue weighted by Gasteiger charge is -2.24. The van der Waals surface area contributed by atoms with Crippen LogP contribution in [0.4, 0.5) is 0 Å². The van der Waals surface area contributed by atoms with Crippen LogP contribution >= 0.6 is 0 Å². The Kier molecular flexibility index (Phi) is 7.20. The first-order chi connectivity index (χ1) is 6.48. The quantitative estimate of drug-likeness (QED) is 0.588. The predicted octanol–water partition coefficient (Wildman–Crippen LogP) is 2.40. The molecule has 0 aliphatic heterocycles. The van der Waals surface area contributed by atoms with Gasteiger partial charge in [-0.3, -0.25) is 0 Å². The summed E-state index contributed by atoms with van der Waals surface area (Å²) in [6.07, 6.45) is 2.58. The highest BCUT2D eigenvalue weighted by Gasteiger charge is 2.15. The Morgan fingerprint density at radius 1 is 1.14 bits per heavy atom. The maximum Gasteiger partial charge on any atom is 0.00790 e. The summed E-state index contributed by atoms with van der Waals surface area (Å²) in [6.45, 7) is 14.6. The first-order valence-electron chi connectivity index (χ1n) is 5.92. The third-order valence-electron chi connectivity index (χ3n) is 2.38. The third-order valence-corrected chi connectivity index (χ3v) is 2.38. The summed E-state index contributed by atoms with van der Waals surface area (Å²) in [5.74, 6) is 0. The van der Waals surface area contributed by atoms with E-state index in [4.69, 9.17) is 0 Å². The topological polar surface area (TPSA) is 24.1 Å². The molecule has 86 valence electrons. The monoisotopic (exact) mass is 200 g/mol. The summed E-state index contributed by atoms with van der Waals surface area (Å²) in [5.41, 5.74) is 0.451. The summed E-state index contributed by atoms with van der Waals surface area (Å²) >= 11 is 0. The van der Waals surface area contributed by atoms with Gasteiger partial charge in [0.1, 0.15) is 0 Å². The molecule has 0 aliphatic rings. The van der Waals surface area contributed by atoms with Crippen molar-refractivity contribution in [2.45, 2.75) is 53.5 Å². The molecule has 0 aromatic heterocycles. The van der Waals surface area contributed by atoms with Crippen molar-refractivity contribution in [2.24, 2.45) is 5.41 Å². The normalized spacial score (nSPS) is 12.4. The average molecular weight is 200 g/mol. The fraction of sp³-hybridized carbons (Fsp3) is 1.00. The van der Waals surface area contributed by atoms with Gasteiger partial charge in [-0.15, -0.1) is 0 Å². The molecule has 0 rings (SSSR count). The summed E-state index contributed by atoms with van der Waals surface area (Å²) in [6, 6.07) is 0.598. The molecule has 0 radical (unpaired) electrons. The molecule has 0 saturated heterocycles. The van der Waals surface area contributed by atoms with E-state index in [9.17, 15) is 0 Å². The van der Waals surface area contributed by atoms with Crippen LogP contribution in [0.3, 0.4) is 0 Å². The minimum absolute atomic E-state index is 0.451. The Morgan fingerprint density at radius 2 is 1.79 bits per heavy atom. The van der Waals surface area contributed by atoms with E-state index in [-0.39, 0.29) is 0 Å². The van der Waals surface area contributed by atoms with E-state index in [1.807, 2.05) is 0 Å². The molecule has 0 aromatic rings. The molecule has 2 heteroatoms. The Morgan fingerprint density at radius 3 is 2.29 bits per heavy atom. The van der Waals surface area contributed by atoms with Crippen LogP contribution < -0.4 is 10.6 Å². The molecule has 0 spiro atoms. The maximum atomic E-state index is 3.50. The van der Waals surface area contributed by atoms with E-state index in [1.165, 1.54) is 12.8 Å². The number of hydrogen-bond donors (Lipinski definition) is 2. The third kappa shape index (κ3) is 8.52. The van der Waals surface area contributed by atoms with Crippen LogP contribution in [0, 0.1) is 5.41 Å². The lowest BCUT2D eigenvalue weighted by atomic mass is 9.88. The van der Waals surface area contributed by atoms with Crippen molar-refractivity contribution in [3.8, 4) is 0 Å². The van der Waals surface area contributed by atoms with Crippen molar-refractivity contribution in [3.63, 3.8) is 0 Å². The Balaban J connectivity index is 3.34. The van der Waals surface area contributed by atoms with Gasteiger partial charge < -0.3 is 10.6 Å². The minimum Gasteiger partial charge on any atom is -0.315 e. The van der Waals surface area contributed by atoms with E-state index in [2.05, 4.69) is 45.3 Å². The molecule has 0 amide bonds. The molecular weight excluding hydrogens is 172 g/mol. The molecule has 0 atom stereocenters. The Bertz CT molecular complexity index is 130. The highest BCUT2D eigenvalue weighted by atomic mass is 15.0. The van der Waals surface area contributed by atoms with Crippen molar-refractivity contribution in [1.29, 1.82) is 0 Å². The number of nitrogens with one attached hydrogen (secondary N) is 2. The van der Waals surface area contributed by atoms with E-state index in [0.717, 1.165) is 19.6 Å². The van der Waals surface area contributed by atoms with E-state index in [0.29, 0.717) is 11.5 Å². The van der Waals surface area contributed by atoms with Crippen LogP contribution in [0.15, 0.2) is 0 Å². The zero-order chi connectivity index (χ0) is 11.0. The second kappa shape index (κ2) is 7.24.